The number of hydrogen-bond donors (Lipinski definition) is 3. The number of benzene rings is 2. The molecule has 0 aliphatic carbocycles. The van der Waals surface area contributed by atoms with Gasteiger partial charge in [0.1, 0.15) is 5.82 Å². The summed E-state index contributed by atoms with van der Waals surface area (Å²) in [4.78, 5) is 23.0. The van der Waals surface area contributed by atoms with Gasteiger partial charge in [-0.1, -0.05) is 6.07 Å². The van der Waals surface area contributed by atoms with Crippen molar-refractivity contribution in [1.82, 2.24) is 0 Å². The van der Waals surface area contributed by atoms with Gasteiger partial charge in [0.2, 0.25) is 5.91 Å². The van der Waals surface area contributed by atoms with Crippen LogP contribution in [0.5, 0.6) is 0 Å². The lowest BCUT2D eigenvalue weighted by Crippen LogP contribution is -2.15. The van der Waals surface area contributed by atoms with E-state index < -0.39 is 17.6 Å². The number of nitrogens with two attached hydrogens (primary N) is 2. The molecule has 0 bridgehead atoms. The first-order valence-electron chi connectivity index (χ1n) is 5.73. The predicted octanol–water partition coefficient (Wildman–Crippen LogP) is 1.76. The van der Waals surface area contributed by atoms with Crippen molar-refractivity contribution >= 4 is 23.2 Å². The fourth-order valence-corrected chi connectivity index (χ4v) is 1.67. The number of anilines is 2. The zero-order chi connectivity index (χ0) is 14.7. The summed E-state index contributed by atoms with van der Waals surface area (Å²) in [7, 11) is 0. The van der Waals surface area contributed by atoms with Crippen LogP contribution in [0.3, 0.4) is 0 Å². The van der Waals surface area contributed by atoms with Crippen molar-refractivity contribution < 1.29 is 14.0 Å². The molecular formula is C14H12FN3O2. The molecule has 5 N–H and O–H groups in total. The number of amides is 2. The highest BCUT2D eigenvalue weighted by Crippen LogP contribution is 2.16. The number of hydrogen-bond acceptors (Lipinski definition) is 3. The normalized spacial score (nSPS) is 10.1. The molecule has 2 amide bonds. The standard InChI is InChI=1S/C14H12FN3O2/c15-12-5-4-9(16)7-11(12)14(20)18-10-3-1-2-8(6-10)13(17)19/h1-7H,16H2,(H2,17,19)(H,18,20). The van der Waals surface area contributed by atoms with Gasteiger partial charge in [-0.05, 0) is 36.4 Å². The van der Waals surface area contributed by atoms with E-state index in [9.17, 15) is 14.0 Å². The van der Waals surface area contributed by atoms with Gasteiger partial charge in [-0.25, -0.2) is 4.39 Å². The van der Waals surface area contributed by atoms with Crippen LogP contribution in [0.4, 0.5) is 15.8 Å². The summed E-state index contributed by atoms with van der Waals surface area (Å²) < 4.78 is 13.5. The zero-order valence-electron chi connectivity index (χ0n) is 10.4. The molecule has 0 atom stereocenters. The Balaban J connectivity index is 2.25. The molecule has 0 heterocycles. The molecule has 5 nitrogen and oxygen atoms in total. The summed E-state index contributed by atoms with van der Waals surface area (Å²) in [6.07, 6.45) is 0. The SMILES string of the molecule is NC(=O)c1cccc(NC(=O)c2cc(N)ccc2F)c1. The number of carbonyl (C=O) groups is 2. The van der Waals surface area contributed by atoms with E-state index in [4.69, 9.17) is 11.5 Å². The quantitative estimate of drug-likeness (QED) is 0.743. The Morgan fingerprint density at radius 2 is 1.85 bits per heavy atom. The van der Waals surface area contributed by atoms with Crippen LogP contribution in [-0.2, 0) is 0 Å². The molecule has 0 radical (unpaired) electrons. The highest BCUT2D eigenvalue weighted by molar-refractivity contribution is 6.05. The maximum Gasteiger partial charge on any atom is 0.258 e. The molecule has 0 spiro atoms. The lowest BCUT2D eigenvalue weighted by Gasteiger charge is -2.07. The summed E-state index contributed by atoms with van der Waals surface area (Å²) in [6, 6.07) is 9.76. The fraction of sp³-hybridized carbons (Fsp3) is 0. The predicted molar refractivity (Wildman–Crippen MR) is 73.7 cm³/mol. The van der Waals surface area contributed by atoms with E-state index >= 15 is 0 Å². The number of rotatable bonds is 3. The zero-order valence-corrected chi connectivity index (χ0v) is 10.4. The number of primary amides is 1. The molecule has 0 saturated carbocycles. The second-order valence-corrected chi connectivity index (χ2v) is 4.14. The summed E-state index contributed by atoms with van der Waals surface area (Å²) in [6.45, 7) is 0. The van der Waals surface area contributed by atoms with Crippen molar-refractivity contribution in [3.63, 3.8) is 0 Å². The molecule has 0 aliphatic heterocycles. The second kappa shape index (κ2) is 5.40. The molecule has 0 saturated heterocycles. The van der Waals surface area contributed by atoms with Gasteiger partial charge in [0, 0.05) is 16.9 Å². The van der Waals surface area contributed by atoms with Gasteiger partial charge >= 0.3 is 0 Å². The minimum atomic E-state index is -0.678. The molecule has 6 heteroatoms. The average Bonchev–Trinajstić information content (AvgIpc) is 2.41. The topological polar surface area (TPSA) is 98.2 Å². The number of nitrogens with one attached hydrogen (secondary N) is 1. The smallest absolute Gasteiger partial charge is 0.258 e. The van der Waals surface area contributed by atoms with Crippen LogP contribution in [0.2, 0.25) is 0 Å². The van der Waals surface area contributed by atoms with E-state index in [2.05, 4.69) is 5.32 Å². The first-order chi connectivity index (χ1) is 9.47. The van der Waals surface area contributed by atoms with Gasteiger partial charge in [0.25, 0.3) is 5.91 Å². The first-order valence-corrected chi connectivity index (χ1v) is 5.73. The Bertz CT molecular complexity index is 686. The Labute approximate surface area is 114 Å². The largest absolute Gasteiger partial charge is 0.399 e. The summed E-state index contributed by atoms with van der Waals surface area (Å²) in [5.41, 5.74) is 11.4. The molecule has 2 aromatic carbocycles. The Kier molecular flexibility index (Phi) is 3.65. The average molecular weight is 273 g/mol. The highest BCUT2D eigenvalue weighted by atomic mass is 19.1. The van der Waals surface area contributed by atoms with Crippen LogP contribution in [0.25, 0.3) is 0 Å². The lowest BCUT2D eigenvalue weighted by molar-refractivity contribution is 0.0995. The molecular weight excluding hydrogens is 261 g/mol. The molecule has 0 aromatic heterocycles. The van der Waals surface area contributed by atoms with Gasteiger partial charge < -0.3 is 16.8 Å². The van der Waals surface area contributed by atoms with E-state index in [1.54, 1.807) is 12.1 Å². The third-order valence-electron chi connectivity index (χ3n) is 2.64. The van der Waals surface area contributed by atoms with Gasteiger partial charge in [-0.2, -0.15) is 0 Å². The molecule has 20 heavy (non-hydrogen) atoms. The lowest BCUT2D eigenvalue weighted by atomic mass is 10.1. The minimum absolute atomic E-state index is 0.172. The van der Waals surface area contributed by atoms with Crippen LogP contribution in [0, 0.1) is 5.82 Å². The summed E-state index contributed by atoms with van der Waals surface area (Å²) in [5.74, 6) is -1.95. The molecule has 0 aliphatic rings. The van der Waals surface area contributed by atoms with Crippen LogP contribution in [-0.4, -0.2) is 11.8 Å². The first kappa shape index (κ1) is 13.5. The monoisotopic (exact) mass is 273 g/mol. The molecule has 0 unspecified atom stereocenters. The highest BCUT2D eigenvalue weighted by Gasteiger charge is 2.12. The molecule has 0 fully saturated rings. The van der Waals surface area contributed by atoms with E-state index in [1.807, 2.05) is 0 Å². The van der Waals surface area contributed by atoms with Gasteiger partial charge in [0.15, 0.2) is 0 Å². The van der Waals surface area contributed by atoms with Crippen molar-refractivity contribution in [2.45, 2.75) is 0 Å². The Morgan fingerprint density at radius 3 is 2.55 bits per heavy atom. The second-order valence-electron chi connectivity index (χ2n) is 4.14. The van der Waals surface area contributed by atoms with E-state index in [-0.39, 0.29) is 16.8 Å². The molecule has 102 valence electrons. The third-order valence-corrected chi connectivity index (χ3v) is 2.64. The van der Waals surface area contributed by atoms with E-state index in [0.29, 0.717) is 5.69 Å². The van der Waals surface area contributed by atoms with Crippen LogP contribution in [0.1, 0.15) is 20.7 Å². The van der Waals surface area contributed by atoms with Crippen molar-refractivity contribution in [3.8, 4) is 0 Å². The van der Waals surface area contributed by atoms with Crippen molar-refractivity contribution in [2.24, 2.45) is 5.73 Å². The number of nitrogen functional groups attached to an aromatic ring is 1. The molecule has 2 aromatic rings. The van der Waals surface area contributed by atoms with Crippen molar-refractivity contribution in [2.75, 3.05) is 11.1 Å². The van der Waals surface area contributed by atoms with Gasteiger partial charge in [-0.15, -0.1) is 0 Å². The molecule has 2 rings (SSSR count). The maximum absolute atomic E-state index is 13.5. The maximum atomic E-state index is 13.5. The number of carbonyl (C=O) groups excluding carboxylic acids is 2. The van der Waals surface area contributed by atoms with Gasteiger partial charge in [-0.3, -0.25) is 9.59 Å². The summed E-state index contributed by atoms with van der Waals surface area (Å²) >= 11 is 0. The van der Waals surface area contributed by atoms with Crippen LogP contribution in [0.15, 0.2) is 42.5 Å². The van der Waals surface area contributed by atoms with Gasteiger partial charge in [0.05, 0.1) is 5.56 Å². The Morgan fingerprint density at radius 1 is 1.10 bits per heavy atom. The summed E-state index contributed by atoms with van der Waals surface area (Å²) in [5, 5.41) is 2.48. The van der Waals surface area contributed by atoms with E-state index in [1.165, 1.54) is 24.3 Å². The van der Waals surface area contributed by atoms with E-state index in [0.717, 1.165) is 6.07 Å². The Hall–Kier alpha value is -2.89. The van der Waals surface area contributed by atoms with Crippen molar-refractivity contribution in [1.29, 1.82) is 0 Å². The minimum Gasteiger partial charge on any atom is -0.399 e. The number of halogens is 1. The van der Waals surface area contributed by atoms with Crippen molar-refractivity contribution in [3.05, 3.63) is 59.4 Å². The fourth-order valence-electron chi connectivity index (χ4n) is 1.67. The van der Waals surface area contributed by atoms with Crippen LogP contribution >= 0.6 is 0 Å². The third kappa shape index (κ3) is 2.92. The van der Waals surface area contributed by atoms with Crippen LogP contribution < -0.4 is 16.8 Å².